The van der Waals surface area contributed by atoms with Crippen molar-refractivity contribution in [2.24, 2.45) is 0 Å². The van der Waals surface area contributed by atoms with Crippen LogP contribution >= 0.6 is 27.5 Å². The van der Waals surface area contributed by atoms with E-state index in [4.69, 9.17) is 16.0 Å². The molecule has 2 rings (SSSR count). The third kappa shape index (κ3) is 2.68. The first-order valence-electron chi connectivity index (χ1n) is 4.57. The summed E-state index contributed by atoms with van der Waals surface area (Å²) in [5.41, 5.74) is 0.240. The molecule has 2 aromatic rings. The molecule has 0 radical (unpaired) electrons. The van der Waals surface area contributed by atoms with Gasteiger partial charge < -0.3 is 9.73 Å². The molecule has 0 saturated heterocycles. The number of nitrogens with one attached hydrogen (secondary N) is 1. The number of carbonyl (C=O) groups excluding carboxylic acids is 1. The van der Waals surface area contributed by atoms with Crippen LogP contribution in [-0.2, 0) is 0 Å². The first kappa shape index (κ1) is 12.1. The van der Waals surface area contributed by atoms with Gasteiger partial charge in [0.05, 0.1) is 17.5 Å². The summed E-state index contributed by atoms with van der Waals surface area (Å²) in [6.07, 6.45) is 1.29. The Bertz CT molecular complexity index is 570. The molecule has 0 aliphatic rings. The monoisotopic (exact) mass is 317 g/mol. The average Bonchev–Trinajstić information content (AvgIpc) is 2.68. The van der Waals surface area contributed by atoms with Crippen LogP contribution in [-0.4, -0.2) is 5.91 Å². The SMILES string of the molecule is O=C(Nc1ccc(Br)cc1F)c1ccoc1Cl. The number of amides is 1. The molecule has 1 aromatic carbocycles. The summed E-state index contributed by atoms with van der Waals surface area (Å²) in [5.74, 6) is -1.06. The third-order valence-electron chi connectivity index (χ3n) is 2.04. The molecular weight excluding hydrogens is 312 g/mol. The van der Waals surface area contributed by atoms with Crippen molar-refractivity contribution in [3.05, 3.63) is 51.6 Å². The van der Waals surface area contributed by atoms with E-state index in [9.17, 15) is 9.18 Å². The highest BCUT2D eigenvalue weighted by atomic mass is 79.9. The van der Waals surface area contributed by atoms with Gasteiger partial charge in [0, 0.05) is 4.47 Å². The minimum atomic E-state index is -0.535. The van der Waals surface area contributed by atoms with Gasteiger partial charge in [-0.1, -0.05) is 15.9 Å². The standard InChI is InChI=1S/C11H6BrClFNO2/c12-6-1-2-9(8(14)5-6)15-11(16)7-3-4-17-10(7)13/h1-5H,(H,15,16). The Morgan fingerprint density at radius 3 is 2.76 bits per heavy atom. The van der Waals surface area contributed by atoms with E-state index in [1.165, 1.54) is 24.5 Å². The first-order valence-corrected chi connectivity index (χ1v) is 5.74. The van der Waals surface area contributed by atoms with Crippen LogP contribution < -0.4 is 5.32 Å². The van der Waals surface area contributed by atoms with Gasteiger partial charge in [-0.2, -0.15) is 0 Å². The van der Waals surface area contributed by atoms with E-state index in [2.05, 4.69) is 21.2 Å². The lowest BCUT2D eigenvalue weighted by Gasteiger charge is -2.05. The Morgan fingerprint density at radius 2 is 2.18 bits per heavy atom. The van der Waals surface area contributed by atoms with Crippen molar-refractivity contribution in [3.8, 4) is 0 Å². The van der Waals surface area contributed by atoms with E-state index >= 15 is 0 Å². The zero-order chi connectivity index (χ0) is 12.4. The normalized spacial score (nSPS) is 10.3. The quantitative estimate of drug-likeness (QED) is 0.906. The van der Waals surface area contributed by atoms with Crippen molar-refractivity contribution in [1.29, 1.82) is 0 Å². The molecule has 3 nitrogen and oxygen atoms in total. The second-order valence-electron chi connectivity index (χ2n) is 3.19. The fraction of sp³-hybridized carbons (Fsp3) is 0. The van der Waals surface area contributed by atoms with E-state index in [1.54, 1.807) is 6.07 Å². The molecule has 0 aliphatic heterocycles. The summed E-state index contributed by atoms with van der Waals surface area (Å²) in [7, 11) is 0. The number of hydrogen-bond acceptors (Lipinski definition) is 2. The molecule has 0 aliphatic carbocycles. The summed E-state index contributed by atoms with van der Waals surface area (Å²) >= 11 is 8.76. The van der Waals surface area contributed by atoms with Crippen LogP contribution in [0.3, 0.4) is 0 Å². The lowest BCUT2D eigenvalue weighted by atomic mass is 10.2. The predicted octanol–water partition coefficient (Wildman–Crippen LogP) is 4.09. The lowest BCUT2D eigenvalue weighted by Crippen LogP contribution is -2.12. The number of rotatable bonds is 2. The summed E-state index contributed by atoms with van der Waals surface area (Å²) in [6.45, 7) is 0. The molecule has 0 spiro atoms. The fourth-order valence-corrected chi connectivity index (χ4v) is 1.77. The number of hydrogen-bond donors (Lipinski definition) is 1. The van der Waals surface area contributed by atoms with Crippen LogP contribution in [0, 0.1) is 5.82 Å². The summed E-state index contributed by atoms with van der Waals surface area (Å²) in [6, 6.07) is 5.74. The van der Waals surface area contributed by atoms with Gasteiger partial charge in [0.15, 0.2) is 0 Å². The molecule has 88 valence electrons. The number of anilines is 1. The van der Waals surface area contributed by atoms with Crippen LogP contribution in [0.25, 0.3) is 0 Å². The molecule has 6 heteroatoms. The van der Waals surface area contributed by atoms with Crippen molar-refractivity contribution < 1.29 is 13.6 Å². The highest BCUT2D eigenvalue weighted by Crippen LogP contribution is 2.22. The van der Waals surface area contributed by atoms with Crippen LogP contribution in [0.2, 0.25) is 5.22 Å². The smallest absolute Gasteiger partial charge is 0.260 e. The van der Waals surface area contributed by atoms with Crippen LogP contribution in [0.15, 0.2) is 39.4 Å². The molecule has 1 N–H and O–H groups in total. The van der Waals surface area contributed by atoms with Crippen molar-refractivity contribution in [2.75, 3.05) is 5.32 Å². The molecule has 0 bridgehead atoms. The molecule has 0 fully saturated rings. The van der Waals surface area contributed by atoms with Crippen molar-refractivity contribution >= 4 is 39.1 Å². The zero-order valence-electron chi connectivity index (χ0n) is 8.34. The lowest BCUT2D eigenvalue weighted by molar-refractivity contribution is 0.102. The molecule has 1 amide bonds. The molecule has 0 saturated carbocycles. The minimum Gasteiger partial charge on any atom is -0.452 e. The summed E-state index contributed by atoms with van der Waals surface area (Å²) in [4.78, 5) is 11.7. The van der Waals surface area contributed by atoms with E-state index in [0.29, 0.717) is 4.47 Å². The van der Waals surface area contributed by atoms with E-state index in [-0.39, 0.29) is 16.5 Å². The van der Waals surface area contributed by atoms with Crippen molar-refractivity contribution in [1.82, 2.24) is 0 Å². The Labute approximate surface area is 110 Å². The van der Waals surface area contributed by atoms with Gasteiger partial charge in [-0.05, 0) is 35.9 Å². The number of benzene rings is 1. The largest absolute Gasteiger partial charge is 0.452 e. The van der Waals surface area contributed by atoms with Crippen molar-refractivity contribution in [2.45, 2.75) is 0 Å². The Kier molecular flexibility index (Phi) is 3.49. The molecule has 0 unspecified atom stereocenters. The maximum absolute atomic E-state index is 13.5. The fourth-order valence-electron chi connectivity index (χ4n) is 1.24. The highest BCUT2D eigenvalue weighted by molar-refractivity contribution is 9.10. The van der Waals surface area contributed by atoms with Crippen LogP contribution in [0.1, 0.15) is 10.4 Å². The average molecular weight is 319 g/mol. The summed E-state index contributed by atoms with van der Waals surface area (Å²) in [5, 5.41) is 2.37. The molecule has 0 atom stereocenters. The van der Waals surface area contributed by atoms with Gasteiger partial charge in [-0.3, -0.25) is 4.79 Å². The first-order chi connectivity index (χ1) is 8.08. The summed E-state index contributed by atoms with van der Waals surface area (Å²) < 4.78 is 18.8. The van der Waals surface area contributed by atoms with E-state index in [1.807, 2.05) is 0 Å². The topological polar surface area (TPSA) is 42.2 Å². The minimum absolute atomic E-state index is 0.0278. The molecule has 17 heavy (non-hydrogen) atoms. The Balaban J connectivity index is 2.22. The number of halogens is 3. The van der Waals surface area contributed by atoms with Gasteiger partial charge >= 0.3 is 0 Å². The van der Waals surface area contributed by atoms with Gasteiger partial charge in [-0.25, -0.2) is 4.39 Å². The van der Waals surface area contributed by atoms with Gasteiger partial charge in [-0.15, -0.1) is 0 Å². The van der Waals surface area contributed by atoms with Crippen molar-refractivity contribution in [3.63, 3.8) is 0 Å². The Morgan fingerprint density at radius 1 is 1.41 bits per heavy atom. The third-order valence-corrected chi connectivity index (χ3v) is 2.83. The predicted molar refractivity (Wildman–Crippen MR) is 65.8 cm³/mol. The second-order valence-corrected chi connectivity index (χ2v) is 4.45. The van der Waals surface area contributed by atoms with Gasteiger partial charge in [0.2, 0.25) is 5.22 Å². The maximum Gasteiger partial charge on any atom is 0.260 e. The molecule has 1 heterocycles. The maximum atomic E-state index is 13.5. The second kappa shape index (κ2) is 4.89. The van der Waals surface area contributed by atoms with Crippen LogP contribution in [0.4, 0.5) is 10.1 Å². The number of furan rings is 1. The van der Waals surface area contributed by atoms with Gasteiger partial charge in [0.1, 0.15) is 5.82 Å². The zero-order valence-corrected chi connectivity index (χ0v) is 10.7. The van der Waals surface area contributed by atoms with E-state index < -0.39 is 11.7 Å². The molecule has 1 aromatic heterocycles. The Hall–Kier alpha value is -1.33. The number of carbonyl (C=O) groups is 1. The van der Waals surface area contributed by atoms with E-state index in [0.717, 1.165) is 0 Å². The van der Waals surface area contributed by atoms with Crippen LogP contribution in [0.5, 0.6) is 0 Å². The van der Waals surface area contributed by atoms with Gasteiger partial charge in [0.25, 0.3) is 5.91 Å². The molecular formula is C11H6BrClFNO2. The highest BCUT2D eigenvalue weighted by Gasteiger charge is 2.14.